The molecule has 0 saturated carbocycles. The predicted molar refractivity (Wildman–Crippen MR) is 105 cm³/mol. The van der Waals surface area contributed by atoms with Crippen molar-refractivity contribution in [1.82, 2.24) is 10.2 Å². The van der Waals surface area contributed by atoms with Crippen molar-refractivity contribution in [3.8, 4) is 5.75 Å². The summed E-state index contributed by atoms with van der Waals surface area (Å²) in [4.78, 5) is 15.0. The summed E-state index contributed by atoms with van der Waals surface area (Å²) in [6.07, 6.45) is 0.928. The van der Waals surface area contributed by atoms with E-state index in [4.69, 9.17) is 20.8 Å². The Morgan fingerprint density at radius 3 is 2.81 bits per heavy atom. The van der Waals surface area contributed by atoms with Gasteiger partial charge in [-0.05, 0) is 31.2 Å². The standard InChI is InChI=1S/C21H21ClN2O3/c22-17-7-2-4-9-19(17)26-14-16-15-6-1-3-8-18(15)27-20(16)21(25)24-12-5-10-23-11-13-24/h1-4,6-9,23H,5,10-14H2. The van der Waals surface area contributed by atoms with Crippen molar-refractivity contribution in [3.05, 3.63) is 64.9 Å². The first-order valence-electron chi connectivity index (χ1n) is 9.12. The Balaban J connectivity index is 1.66. The Hall–Kier alpha value is -2.50. The molecule has 1 fully saturated rings. The van der Waals surface area contributed by atoms with Gasteiger partial charge in [0.05, 0.1) is 5.02 Å². The molecule has 6 heteroatoms. The number of nitrogens with one attached hydrogen (secondary N) is 1. The molecular weight excluding hydrogens is 364 g/mol. The molecular formula is C21H21ClN2O3. The van der Waals surface area contributed by atoms with Crippen LogP contribution in [0, 0.1) is 0 Å². The molecule has 0 unspecified atom stereocenters. The van der Waals surface area contributed by atoms with Gasteiger partial charge in [-0.25, -0.2) is 0 Å². The van der Waals surface area contributed by atoms with Crippen molar-refractivity contribution >= 4 is 28.5 Å². The third-order valence-electron chi connectivity index (χ3n) is 4.73. The molecule has 1 amide bonds. The highest BCUT2D eigenvalue weighted by atomic mass is 35.5. The van der Waals surface area contributed by atoms with Gasteiger partial charge in [0.2, 0.25) is 0 Å². The highest BCUT2D eigenvalue weighted by molar-refractivity contribution is 6.32. The lowest BCUT2D eigenvalue weighted by atomic mass is 10.1. The van der Waals surface area contributed by atoms with Gasteiger partial charge in [-0.15, -0.1) is 0 Å². The van der Waals surface area contributed by atoms with Gasteiger partial charge < -0.3 is 19.4 Å². The number of amides is 1. The Kier molecular flexibility index (Phi) is 5.32. The van der Waals surface area contributed by atoms with Crippen LogP contribution < -0.4 is 10.1 Å². The summed E-state index contributed by atoms with van der Waals surface area (Å²) < 4.78 is 11.9. The largest absolute Gasteiger partial charge is 0.487 e. The van der Waals surface area contributed by atoms with Crippen molar-refractivity contribution in [2.45, 2.75) is 13.0 Å². The minimum absolute atomic E-state index is 0.0901. The maximum Gasteiger partial charge on any atom is 0.290 e. The Morgan fingerprint density at radius 2 is 1.93 bits per heavy atom. The smallest absolute Gasteiger partial charge is 0.290 e. The molecule has 0 spiro atoms. The summed E-state index contributed by atoms with van der Waals surface area (Å²) in [5.74, 6) is 0.847. The van der Waals surface area contributed by atoms with Crippen LogP contribution in [-0.4, -0.2) is 37.0 Å². The number of benzene rings is 2. The van der Waals surface area contributed by atoms with Gasteiger partial charge in [0.1, 0.15) is 17.9 Å². The number of carbonyl (C=O) groups excluding carboxylic acids is 1. The Bertz CT molecular complexity index is 946. The van der Waals surface area contributed by atoms with Crippen LogP contribution in [0.3, 0.4) is 0 Å². The average molecular weight is 385 g/mol. The third-order valence-corrected chi connectivity index (χ3v) is 5.04. The number of ether oxygens (including phenoxy) is 1. The number of hydrogen-bond acceptors (Lipinski definition) is 4. The topological polar surface area (TPSA) is 54.7 Å². The second kappa shape index (κ2) is 8.03. The van der Waals surface area contributed by atoms with E-state index >= 15 is 0 Å². The van der Waals surface area contributed by atoms with Crippen molar-refractivity contribution in [2.24, 2.45) is 0 Å². The normalized spacial score (nSPS) is 14.9. The zero-order valence-electron chi connectivity index (χ0n) is 14.9. The molecule has 4 rings (SSSR count). The Labute approximate surface area is 162 Å². The lowest BCUT2D eigenvalue weighted by Crippen LogP contribution is -2.34. The SMILES string of the molecule is O=C(c1oc2ccccc2c1COc1ccccc1Cl)N1CCCNCC1. The van der Waals surface area contributed by atoms with E-state index in [9.17, 15) is 4.79 Å². The van der Waals surface area contributed by atoms with Gasteiger partial charge in [-0.2, -0.15) is 0 Å². The third kappa shape index (κ3) is 3.80. The number of rotatable bonds is 4. The number of carbonyl (C=O) groups is 1. The van der Waals surface area contributed by atoms with Crippen LogP contribution in [0.2, 0.25) is 5.02 Å². The van der Waals surface area contributed by atoms with Crippen LogP contribution in [0.1, 0.15) is 22.5 Å². The molecule has 0 radical (unpaired) electrons. The number of para-hydroxylation sites is 2. The molecule has 1 N–H and O–H groups in total. The van der Waals surface area contributed by atoms with Gasteiger partial charge >= 0.3 is 0 Å². The van der Waals surface area contributed by atoms with E-state index in [1.807, 2.05) is 47.4 Å². The van der Waals surface area contributed by atoms with Gasteiger partial charge in [-0.1, -0.05) is 41.9 Å². The fraction of sp³-hybridized carbons (Fsp3) is 0.286. The minimum Gasteiger partial charge on any atom is -0.487 e. The van der Waals surface area contributed by atoms with Gasteiger partial charge in [0.25, 0.3) is 5.91 Å². The summed E-state index contributed by atoms with van der Waals surface area (Å²) in [7, 11) is 0. The first-order valence-corrected chi connectivity index (χ1v) is 9.49. The number of fused-ring (bicyclic) bond motifs is 1. The fourth-order valence-corrected chi connectivity index (χ4v) is 3.51. The summed E-state index contributed by atoms with van der Waals surface area (Å²) in [5, 5.41) is 4.74. The molecule has 3 aromatic rings. The monoisotopic (exact) mass is 384 g/mol. The quantitative estimate of drug-likeness (QED) is 0.735. The van der Waals surface area contributed by atoms with E-state index < -0.39 is 0 Å². The molecule has 0 atom stereocenters. The van der Waals surface area contributed by atoms with Crippen molar-refractivity contribution < 1.29 is 13.9 Å². The van der Waals surface area contributed by atoms with E-state index in [0.29, 0.717) is 35.2 Å². The van der Waals surface area contributed by atoms with Crippen molar-refractivity contribution in [3.63, 3.8) is 0 Å². The molecule has 140 valence electrons. The second-order valence-electron chi connectivity index (χ2n) is 6.52. The highest BCUT2D eigenvalue weighted by Crippen LogP contribution is 2.30. The van der Waals surface area contributed by atoms with Gasteiger partial charge in [0.15, 0.2) is 5.76 Å². The minimum atomic E-state index is -0.0901. The number of nitrogens with zero attached hydrogens (tertiary/aromatic N) is 1. The molecule has 1 aliphatic rings. The number of halogens is 1. The van der Waals surface area contributed by atoms with E-state index in [2.05, 4.69) is 5.32 Å². The van der Waals surface area contributed by atoms with Crippen molar-refractivity contribution in [2.75, 3.05) is 26.2 Å². The molecule has 1 aliphatic heterocycles. The highest BCUT2D eigenvalue weighted by Gasteiger charge is 2.26. The van der Waals surface area contributed by atoms with Gasteiger partial charge in [-0.3, -0.25) is 4.79 Å². The molecule has 0 aliphatic carbocycles. The fourth-order valence-electron chi connectivity index (χ4n) is 3.32. The van der Waals surface area contributed by atoms with E-state index in [1.54, 1.807) is 6.07 Å². The molecule has 1 saturated heterocycles. The van der Waals surface area contributed by atoms with Gasteiger partial charge in [0, 0.05) is 30.6 Å². The van der Waals surface area contributed by atoms with Crippen LogP contribution in [0.15, 0.2) is 52.9 Å². The van der Waals surface area contributed by atoms with Crippen LogP contribution in [0.25, 0.3) is 11.0 Å². The number of furan rings is 1. The van der Waals surface area contributed by atoms with Crippen molar-refractivity contribution in [1.29, 1.82) is 0 Å². The molecule has 5 nitrogen and oxygen atoms in total. The lowest BCUT2D eigenvalue weighted by molar-refractivity contribution is 0.0733. The first-order chi connectivity index (χ1) is 13.2. The Morgan fingerprint density at radius 1 is 1.11 bits per heavy atom. The second-order valence-corrected chi connectivity index (χ2v) is 6.93. The summed E-state index contributed by atoms with van der Waals surface area (Å²) in [6, 6.07) is 15.0. The van der Waals surface area contributed by atoms with Crippen LogP contribution in [0.4, 0.5) is 0 Å². The molecule has 27 heavy (non-hydrogen) atoms. The molecule has 1 aromatic heterocycles. The summed E-state index contributed by atoms with van der Waals surface area (Å²) in [5.41, 5.74) is 1.44. The molecule has 0 bridgehead atoms. The number of hydrogen-bond donors (Lipinski definition) is 1. The molecule has 2 aromatic carbocycles. The predicted octanol–water partition coefficient (Wildman–Crippen LogP) is 4.10. The zero-order chi connectivity index (χ0) is 18.6. The van der Waals surface area contributed by atoms with E-state index in [0.717, 1.165) is 30.5 Å². The maximum absolute atomic E-state index is 13.1. The lowest BCUT2D eigenvalue weighted by Gasteiger charge is -2.19. The van der Waals surface area contributed by atoms with Crippen LogP contribution in [-0.2, 0) is 6.61 Å². The first kappa shape index (κ1) is 17.9. The van der Waals surface area contributed by atoms with Crippen LogP contribution in [0.5, 0.6) is 5.75 Å². The maximum atomic E-state index is 13.1. The van der Waals surface area contributed by atoms with Crippen LogP contribution >= 0.6 is 11.6 Å². The summed E-state index contributed by atoms with van der Waals surface area (Å²) >= 11 is 6.19. The zero-order valence-corrected chi connectivity index (χ0v) is 15.7. The van der Waals surface area contributed by atoms with E-state index in [1.165, 1.54) is 0 Å². The summed E-state index contributed by atoms with van der Waals surface area (Å²) in [6.45, 7) is 3.31. The average Bonchev–Trinajstić information content (AvgIpc) is 2.86. The molecule has 2 heterocycles. The van der Waals surface area contributed by atoms with E-state index in [-0.39, 0.29) is 12.5 Å².